The minimum atomic E-state index is -1.05. The monoisotopic (exact) mass is 373 g/mol. The van der Waals surface area contributed by atoms with Crippen LogP contribution in [0.15, 0.2) is 53.4 Å². The molecule has 0 aliphatic carbocycles. The summed E-state index contributed by atoms with van der Waals surface area (Å²) < 4.78 is 0. The summed E-state index contributed by atoms with van der Waals surface area (Å²) in [6.45, 7) is 0.0941. The second-order valence-corrected chi connectivity index (χ2v) is 6.69. The highest BCUT2D eigenvalue weighted by Gasteiger charge is 2.35. The average molecular weight is 374 g/mol. The van der Waals surface area contributed by atoms with Crippen molar-refractivity contribution in [1.82, 2.24) is 4.90 Å². The number of thioether (sulfide) groups is 1. The van der Waals surface area contributed by atoms with E-state index in [1.165, 1.54) is 18.2 Å². The van der Waals surface area contributed by atoms with E-state index in [1.54, 1.807) is 36.4 Å². The second kappa shape index (κ2) is 7.13. The Morgan fingerprint density at radius 3 is 2.64 bits per heavy atom. The SMILES string of the molecule is O=C(O)c1cccc(/C=C2\SC(=O)N(Cc3ccccc3Cl)C2=O)c1. The summed E-state index contributed by atoms with van der Waals surface area (Å²) in [5.74, 6) is -1.47. The third kappa shape index (κ3) is 3.75. The molecule has 0 saturated carbocycles. The number of aromatic carboxylic acids is 1. The van der Waals surface area contributed by atoms with Crippen LogP contribution in [0, 0.1) is 0 Å². The first-order chi connectivity index (χ1) is 12.0. The maximum Gasteiger partial charge on any atom is 0.335 e. The first kappa shape index (κ1) is 17.3. The van der Waals surface area contributed by atoms with E-state index in [4.69, 9.17) is 16.7 Å². The molecule has 1 aliphatic heterocycles. The van der Waals surface area contributed by atoms with Crippen molar-refractivity contribution in [3.63, 3.8) is 0 Å². The number of carboxylic acids is 1. The quantitative estimate of drug-likeness (QED) is 0.810. The van der Waals surface area contributed by atoms with Crippen LogP contribution in [0.2, 0.25) is 5.02 Å². The van der Waals surface area contributed by atoms with Crippen LogP contribution in [-0.4, -0.2) is 27.1 Å². The standard InChI is InChI=1S/C18H12ClNO4S/c19-14-7-2-1-5-13(14)10-20-16(21)15(25-18(20)24)9-11-4-3-6-12(8-11)17(22)23/h1-9H,10H2,(H,22,23)/b15-9-. The van der Waals surface area contributed by atoms with Crippen molar-refractivity contribution in [1.29, 1.82) is 0 Å². The van der Waals surface area contributed by atoms with Crippen molar-refractivity contribution in [2.75, 3.05) is 0 Å². The fourth-order valence-electron chi connectivity index (χ4n) is 2.35. The summed E-state index contributed by atoms with van der Waals surface area (Å²) in [5, 5.41) is 9.13. The van der Waals surface area contributed by atoms with E-state index >= 15 is 0 Å². The van der Waals surface area contributed by atoms with E-state index < -0.39 is 11.9 Å². The largest absolute Gasteiger partial charge is 0.478 e. The number of carbonyl (C=O) groups is 3. The fraction of sp³-hybridized carbons (Fsp3) is 0.0556. The highest BCUT2D eigenvalue weighted by Crippen LogP contribution is 2.34. The van der Waals surface area contributed by atoms with Crippen molar-refractivity contribution in [2.45, 2.75) is 6.54 Å². The molecular formula is C18H12ClNO4S. The van der Waals surface area contributed by atoms with Gasteiger partial charge in [0.05, 0.1) is 17.0 Å². The highest BCUT2D eigenvalue weighted by atomic mass is 35.5. The zero-order chi connectivity index (χ0) is 18.0. The van der Waals surface area contributed by atoms with Gasteiger partial charge < -0.3 is 5.11 Å². The van der Waals surface area contributed by atoms with Crippen molar-refractivity contribution in [3.05, 3.63) is 75.1 Å². The molecule has 5 nitrogen and oxygen atoms in total. The molecule has 2 aromatic rings. The van der Waals surface area contributed by atoms with Gasteiger partial charge in [-0.1, -0.05) is 41.9 Å². The zero-order valence-electron chi connectivity index (χ0n) is 12.8. The van der Waals surface area contributed by atoms with Gasteiger partial charge in [0.25, 0.3) is 11.1 Å². The first-order valence-electron chi connectivity index (χ1n) is 7.28. The molecule has 1 aliphatic rings. The van der Waals surface area contributed by atoms with Crippen molar-refractivity contribution in [3.8, 4) is 0 Å². The number of carboxylic acid groups (broad SMARTS) is 1. The maximum absolute atomic E-state index is 12.5. The first-order valence-corrected chi connectivity index (χ1v) is 8.47. The second-order valence-electron chi connectivity index (χ2n) is 5.29. The lowest BCUT2D eigenvalue weighted by Gasteiger charge is -2.13. The molecular weight excluding hydrogens is 362 g/mol. The Balaban J connectivity index is 1.85. The van der Waals surface area contributed by atoms with Crippen LogP contribution in [-0.2, 0) is 11.3 Å². The molecule has 1 N–H and O–H groups in total. The Bertz CT molecular complexity index is 909. The fourth-order valence-corrected chi connectivity index (χ4v) is 3.38. The lowest BCUT2D eigenvalue weighted by molar-refractivity contribution is -0.123. The molecule has 3 rings (SSSR count). The van der Waals surface area contributed by atoms with E-state index in [0.29, 0.717) is 16.1 Å². The summed E-state index contributed by atoms with van der Waals surface area (Å²) in [6.07, 6.45) is 1.52. The van der Waals surface area contributed by atoms with Crippen LogP contribution >= 0.6 is 23.4 Å². The van der Waals surface area contributed by atoms with Gasteiger partial charge in [0.2, 0.25) is 0 Å². The maximum atomic E-state index is 12.5. The number of hydrogen-bond donors (Lipinski definition) is 1. The van der Waals surface area contributed by atoms with Crippen molar-refractivity contribution in [2.24, 2.45) is 0 Å². The topological polar surface area (TPSA) is 74.7 Å². The van der Waals surface area contributed by atoms with E-state index in [2.05, 4.69) is 0 Å². The van der Waals surface area contributed by atoms with Gasteiger partial charge in [-0.3, -0.25) is 14.5 Å². The molecule has 7 heteroatoms. The third-order valence-electron chi connectivity index (χ3n) is 3.59. The molecule has 0 bridgehead atoms. The van der Waals surface area contributed by atoms with Gasteiger partial charge in [-0.25, -0.2) is 4.79 Å². The van der Waals surface area contributed by atoms with Crippen molar-refractivity contribution < 1.29 is 19.5 Å². The molecule has 0 atom stereocenters. The molecule has 0 unspecified atom stereocenters. The molecule has 1 fully saturated rings. The summed E-state index contributed by atoms with van der Waals surface area (Å²) in [6, 6.07) is 13.2. The average Bonchev–Trinajstić information content (AvgIpc) is 2.84. The van der Waals surface area contributed by atoms with Crippen LogP contribution in [0.3, 0.4) is 0 Å². The van der Waals surface area contributed by atoms with Crippen LogP contribution in [0.5, 0.6) is 0 Å². The van der Waals surface area contributed by atoms with Crippen LogP contribution in [0.4, 0.5) is 4.79 Å². The predicted octanol–water partition coefficient (Wildman–Crippen LogP) is 4.27. The number of imide groups is 1. The number of benzene rings is 2. The van der Waals surface area contributed by atoms with Gasteiger partial charge >= 0.3 is 5.97 Å². The molecule has 2 amide bonds. The molecule has 126 valence electrons. The van der Waals surface area contributed by atoms with Gasteiger partial charge in [0.1, 0.15) is 0 Å². The number of amides is 2. The molecule has 1 saturated heterocycles. The smallest absolute Gasteiger partial charge is 0.335 e. The predicted molar refractivity (Wildman–Crippen MR) is 96.4 cm³/mol. The Morgan fingerprint density at radius 1 is 1.16 bits per heavy atom. The minimum absolute atomic E-state index is 0.0941. The number of hydrogen-bond acceptors (Lipinski definition) is 4. The Kier molecular flexibility index (Phi) is 4.92. The summed E-state index contributed by atoms with van der Waals surface area (Å²) >= 11 is 6.91. The van der Waals surface area contributed by atoms with Crippen LogP contribution in [0.1, 0.15) is 21.5 Å². The van der Waals surface area contributed by atoms with Gasteiger partial charge in [-0.2, -0.15) is 0 Å². The molecule has 0 aromatic heterocycles. The van der Waals surface area contributed by atoms with Gasteiger partial charge in [0.15, 0.2) is 0 Å². The third-order valence-corrected chi connectivity index (χ3v) is 4.87. The molecule has 1 heterocycles. The van der Waals surface area contributed by atoms with Gasteiger partial charge in [-0.15, -0.1) is 0 Å². The zero-order valence-corrected chi connectivity index (χ0v) is 14.4. The number of carbonyl (C=O) groups excluding carboxylic acids is 2. The lowest BCUT2D eigenvalue weighted by atomic mass is 10.1. The van der Waals surface area contributed by atoms with Crippen LogP contribution < -0.4 is 0 Å². The molecule has 0 radical (unpaired) electrons. The van der Waals surface area contributed by atoms with Crippen LogP contribution in [0.25, 0.3) is 6.08 Å². The number of halogens is 1. The Labute approximate surface area is 152 Å². The summed E-state index contributed by atoms with van der Waals surface area (Å²) in [4.78, 5) is 37.1. The minimum Gasteiger partial charge on any atom is -0.478 e. The summed E-state index contributed by atoms with van der Waals surface area (Å²) in [7, 11) is 0. The Morgan fingerprint density at radius 2 is 1.92 bits per heavy atom. The molecule has 25 heavy (non-hydrogen) atoms. The van der Waals surface area contributed by atoms with Gasteiger partial charge in [0, 0.05) is 5.02 Å². The van der Waals surface area contributed by atoms with Gasteiger partial charge in [-0.05, 0) is 47.2 Å². The molecule has 0 spiro atoms. The van der Waals surface area contributed by atoms with E-state index in [1.807, 2.05) is 0 Å². The Hall–Kier alpha value is -2.57. The highest BCUT2D eigenvalue weighted by molar-refractivity contribution is 8.18. The van der Waals surface area contributed by atoms with E-state index in [0.717, 1.165) is 16.7 Å². The molecule has 2 aromatic carbocycles. The van der Waals surface area contributed by atoms with Crippen molar-refractivity contribution >= 4 is 46.6 Å². The summed E-state index contributed by atoms with van der Waals surface area (Å²) in [5.41, 5.74) is 1.34. The number of rotatable bonds is 4. The van der Waals surface area contributed by atoms with E-state index in [-0.39, 0.29) is 22.3 Å². The van der Waals surface area contributed by atoms with E-state index in [9.17, 15) is 14.4 Å². The number of nitrogens with zero attached hydrogens (tertiary/aromatic N) is 1. The normalized spacial score (nSPS) is 15.9. The lowest BCUT2D eigenvalue weighted by Crippen LogP contribution is -2.27.